The molecule has 1 N–H and O–H groups in total. The normalized spacial score (nSPS) is 9.94. The Morgan fingerprint density at radius 3 is 2.19 bits per heavy atom. The zero-order valence-corrected chi connectivity index (χ0v) is 10.6. The third-order valence-electron chi connectivity index (χ3n) is 2.59. The van der Waals surface area contributed by atoms with Crippen molar-refractivity contribution in [3.63, 3.8) is 0 Å². The predicted molar refractivity (Wildman–Crippen MR) is 73.3 cm³/mol. The largest absolute Gasteiger partial charge is 0.381 e. The van der Waals surface area contributed by atoms with Gasteiger partial charge in [0.25, 0.3) is 0 Å². The van der Waals surface area contributed by atoms with E-state index in [1.54, 1.807) is 0 Å². The molecule has 0 aliphatic carbocycles. The average Bonchev–Trinajstić information content (AvgIpc) is 2.29. The molecule has 0 aromatic heterocycles. The highest BCUT2D eigenvalue weighted by molar-refractivity contribution is 5.55. The van der Waals surface area contributed by atoms with Crippen LogP contribution in [0.2, 0.25) is 0 Å². The highest BCUT2D eigenvalue weighted by Gasteiger charge is 2.00. The van der Waals surface area contributed by atoms with E-state index in [0.29, 0.717) is 0 Å². The molecule has 0 spiro atoms. The second-order valence-corrected chi connectivity index (χ2v) is 4.03. The van der Waals surface area contributed by atoms with E-state index in [1.165, 1.54) is 5.69 Å². The van der Waals surface area contributed by atoms with Gasteiger partial charge in [-0.3, -0.25) is 0 Å². The van der Waals surface area contributed by atoms with Gasteiger partial charge in [0.2, 0.25) is 0 Å². The summed E-state index contributed by atoms with van der Waals surface area (Å²) in [6, 6.07) is 8.56. The van der Waals surface area contributed by atoms with Gasteiger partial charge in [-0.05, 0) is 45.0 Å². The third-order valence-corrected chi connectivity index (χ3v) is 2.59. The van der Waals surface area contributed by atoms with E-state index in [2.05, 4.69) is 54.9 Å². The Kier molecular flexibility index (Phi) is 4.90. The molecule has 0 heterocycles. The van der Waals surface area contributed by atoms with Crippen LogP contribution in [0.25, 0.3) is 0 Å². The molecule has 1 aromatic carbocycles. The monoisotopic (exact) mass is 218 g/mol. The number of hydrogen-bond acceptors (Lipinski definition) is 2. The molecule has 16 heavy (non-hydrogen) atoms. The molecule has 0 amide bonds. The van der Waals surface area contributed by atoms with Crippen LogP contribution in [0.1, 0.15) is 20.8 Å². The number of hydrogen-bond donors (Lipinski definition) is 1. The predicted octanol–water partition coefficient (Wildman–Crippen LogP) is 3.52. The molecule has 2 heteroatoms. The number of anilines is 2. The summed E-state index contributed by atoms with van der Waals surface area (Å²) in [5.41, 5.74) is 3.58. The maximum Gasteiger partial charge on any atom is 0.0367 e. The van der Waals surface area contributed by atoms with Gasteiger partial charge < -0.3 is 10.2 Å². The smallest absolute Gasteiger partial charge is 0.0367 e. The minimum absolute atomic E-state index is 0.838. The highest BCUT2D eigenvalue weighted by atomic mass is 15.1. The number of nitrogens with zero attached hydrogens (tertiary/aromatic N) is 1. The summed E-state index contributed by atoms with van der Waals surface area (Å²) in [6.07, 6.45) is 0. The van der Waals surface area contributed by atoms with Crippen LogP contribution in [0.3, 0.4) is 0 Å². The van der Waals surface area contributed by atoms with Crippen LogP contribution in [0.4, 0.5) is 11.4 Å². The van der Waals surface area contributed by atoms with Gasteiger partial charge in [-0.2, -0.15) is 0 Å². The fourth-order valence-electron chi connectivity index (χ4n) is 1.63. The van der Waals surface area contributed by atoms with Gasteiger partial charge in [-0.25, -0.2) is 0 Å². The van der Waals surface area contributed by atoms with Crippen molar-refractivity contribution >= 4 is 11.4 Å². The van der Waals surface area contributed by atoms with Crippen LogP contribution < -0.4 is 10.2 Å². The molecule has 2 nitrogen and oxygen atoms in total. The molecule has 1 rings (SSSR count). The quantitative estimate of drug-likeness (QED) is 0.735. The molecule has 0 saturated heterocycles. The maximum absolute atomic E-state index is 3.87. The standard InChI is InChI=1S/C14H22N2/c1-5-16(6-2)14-9-7-13(8-10-14)15-11-12(3)4/h7-10,15H,3,5-6,11H2,1-2,4H3. The van der Waals surface area contributed by atoms with Crippen molar-refractivity contribution in [2.45, 2.75) is 20.8 Å². The first kappa shape index (κ1) is 12.6. The number of rotatable bonds is 6. The zero-order valence-electron chi connectivity index (χ0n) is 10.6. The SMILES string of the molecule is C=C(C)CNc1ccc(N(CC)CC)cc1. The van der Waals surface area contributed by atoms with Gasteiger partial charge in [-0.15, -0.1) is 0 Å². The Labute approximate surface area is 99.0 Å². The topological polar surface area (TPSA) is 15.3 Å². The summed E-state index contributed by atoms with van der Waals surface area (Å²) >= 11 is 0. The molecular formula is C14H22N2. The molecule has 88 valence electrons. The zero-order chi connectivity index (χ0) is 12.0. The Hall–Kier alpha value is -1.44. The van der Waals surface area contributed by atoms with Crippen LogP contribution in [-0.2, 0) is 0 Å². The average molecular weight is 218 g/mol. The summed E-state index contributed by atoms with van der Waals surface area (Å²) in [7, 11) is 0. The van der Waals surface area contributed by atoms with Crippen molar-refractivity contribution < 1.29 is 0 Å². The van der Waals surface area contributed by atoms with Gasteiger partial charge in [0.15, 0.2) is 0 Å². The minimum Gasteiger partial charge on any atom is -0.381 e. The van der Waals surface area contributed by atoms with Crippen LogP contribution in [0, 0.1) is 0 Å². The van der Waals surface area contributed by atoms with Crippen LogP contribution >= 0.6 is 0 Å². The molecule has 0 fully saturated rings. The summed E-state index contributed by atoms with van der Waals surface area (Å²) in [5.74, 6) is 0. The molecule has 1 aromatic rings. The lowest BCUT2D eigenvalue weighted by Gasteiger charge is -2.21. The first-order chi connectivity index (χ1) is 7.67. The van der Waals surface area contributed by atoms with Gasteiger partial charge in [0.05, 0.1) is 0 Å². The summed E-state index contributed by atoms with van der Waals surface area (Å²) in [6.45, 7) is 13.2. The van der Waals surface area contributed by atoms with Crippen molar-refractivity contribution in [1.29, 1.82) is 0 Å². The lowest BCUT2D eigenvalue weighted by Crippen LogP contribution is -2.21. The van der Waals surface area contributed by atoms with Crippen LogP contribution in [0.15, 0.2) is 36.4 Å². The Morgan fingerprint density at radius 1 is 1.19 bits per heavy atom. The van der Waals surface area contributed by atoms with Crippen LogP contribution in [-0.4, -0.2) is 19.6 Å². The first-order valence-electron chi connectivity index (χ1n) is 5.90. The first-order valence-corrected chi connectivity index (χ1v) is 5.90. The molecule has 0 aliphatic heterocycles. The molecule has 0 aliphatic rings. The van der Waals surface area contributed by atoms with E-state index in [0.717, 1.165) is 30.9 Å². The van der Waals surface area contributed by atoms with E-state index < -0.39 is 0 Å². The molecule has 0 saturated carbocycles. The van der Waals surface area contributed by atoms with Crippen molar-refractivity contribution in [2.75, 3.05) is 29.9 Å². The van der Waals surface area contributed by atoms with E-state index in [9.17, 15) is 0 Å². The van der Waals surface area contributed by atoms with Gasteiger partial charge in [0, 0.05) is 31.0 Å². The fraction of sp³-hybridized carbons (Fsp3) is 0.429. The van der Waals surface area contributed by atoms with Crippen molar-refractivity contribution in [3.05, 3.63) is 36.4 Å². The van der Waals surface area contributed by atoms with E-state index >= 15 is 0 Å². The minimum atomic E-state index is 0.838. The second-order valence-electron chi connectivity index (χ2n) is 4.03. The summed E-state index contributed by atoms with van der Waals surface area (Å²) in [5, 5.41) is 3.33. The van der Waals surface area contributed by atoms with Gasteiger partial charge >= 0.3 is 0 Å². The Balaban J connectivity index is 2.63. The lowest BCUT2D eigenvalue weighted by atomic mass is 10.2. The maximum atomic E-state index is 3.87. The molecule has 0 bridgehead atoms. The van der Waals surface area contributed by atoms with Crippen molar-refractivity contribution in [1.82, 2.24) is 0 Å². The Morgan fingerprint density at radius 2 is 1.75 bits per heavy atom. The molecule has 0 unspecified atom stereocenters. The van der Waals surface area contributed by atoms with E-state index in [4.69, 9.17) is 0 Å². The highest BCUT2D eigenvalue weighted by Crippen LogP contribution is 2.17. The second kappa shape index (κ2) is 6.21. The van der Waals surface area contributed by atoms with Crippen molar-refractivity contribution in [2.24, 2.45) is 0 Å². The fourth-order valence-corrected chi connectivity index (χ4v) is 1.63. The molecule has 0 atom stereocenters. The third kappa shape index (κ3) is 3.61. The molecule has 0 radical (unpaired) electrons. The number of nitrogens with one attached hydrogen (secondary N) is 1. The lowest BCUT2D eigenvalue weighted by molar-refractivity contribution is 0.866. The van der Waals surface area contributed by atoms with E-state index in [-0.39, 0.29) is 0 Å². The molecular weight excluding hydrogens is 196 g/mol. The van der Waals surface area contributed by atoms with Crippen LogP contribution in [0.5, 0.6) is 0 Å². The van der Waals surface area contributed by atoms with Crippen molar-refractivity contribution in [3.8, 4) is 0 Å². The summed E-state index contributed by atoms with van der Waals surface area (Å²) < 4.78 is 0. The van der Waals surface area contributed by atoms with E-state index in [1.807, 2.05) is 6.92 Å². The number of benzene rings is 1. The van der Waals surface area contributed by atoms with Gasteiger partial charge in [-0.1, -0.05) is 12.2 Å². The Bertz CT molecular complexity index is 323. The summed E-state index contributed by atoms with van der Waals surface area (Å²) in [4.78, 5) is 2.34. The van der Waals surface area contributed by atoms with Gasteiger partial charge in [0.1, 0.15) is 0 Å².